The molecule has 0 fully saturated rings. The maximum absolute atomic E-state index is 10.7. The van der Waals surface area contributed by atoms with E-state index >= 15 is 0 Å². The van der Waals surface area contributed by atoms with Crippen LogP contribution in [0.2, 0.25) is 0 Å². The second-order valence-electron chi connectivity index (χ2n) is 3.07. The third kappa shape index (κ3) is 9.63. The molecule has 0 spiro atoms. The molecule has 0 heterocycles. The number of nitrogens with one attached hydrogen (secondary N) is 1. The van der Waals surface area contributed by atoms with Crippen molar-refractivity contribution in [2.24, 2.45) is 5.92 Å². The molecule has 0 amide bonds. The van der Waals surface area contributed by atoms with Crippen LogP contribution in [-0.4, -0.2) is 18.4 Å². The minimum absolute atomic E-state index is 0.155. The van der Waals surface area contributed by atoms with Gasteiger partial charge in [-0.1, -0.05) is 34.6 Å². The van der Waals surface area contributed by atoms with E-state index in [9.17, 15) is 4.79 Å². The van der Waals surface area contributed by atoms with Crippen molar-refractivity contribution in [2.75, 3.05) is 6.54 Å². The SMILES string of the molecule is CC.CC(=O)C(C)CNC(C)C. The van der Waals surface area contributed by atoms with E-state index in [0.717, 1.165) is 6.54 Å². The van der Waals surface area contributed by atoms with E-state index in [-0.39, 0.29) is 11.7 Å². The molecule has 1 unspecified atom stereocenters. The van der Waals surface area contributed by atoms with Crippen LogP contribution in [0.5, 0.6) is 0 Å². The van der Waals surface area contributed by atoms with E-state index in [1.165, 1.54) is 0 Å². The topological polar surface area (TPSA) is 29.1 Å². The quantitative estimate of drug-likeness (QED) is 0.706. The fourth-order valence-electron chi connectivity index (χ4n) is 0.556. The Morgan fingerprint density at radius 1 is 1.25 bits per heavy atom. The normalized spacial score (nSPS) is 11.9. The van der Waals surface area contributed by atoms with E-state index < -0.39 is 0 Å². The van der Waals surface area contributed by atoms with Crippen molar-refractivity contribution < 1.29 is 4.79 Å². The van der Waals surface area contributed by atoms with Gasteiger partial charge in [-0.15, -0.1) is 0 Å². The maximum Gasteiger partial charge on any atom is 0.133 e. The lowest BCUT2D eigenvalue weighted by molar-refractivity contribution is -0.120. The van der Waals surface area contributed by atoms with E-state index in [2.05, 4.69) is 19.2 Å². The van der Waals surface area contributed by atoms with Crippen LogP contribution in [-0.2, 0) is 4.79 Å². The average Bonchev–Trinajstić information content (AvgIpc) is 2.03. The number of rotatable bonds is 4. The summed E-state index contributed by atoms with van der Waals surface area (Å²) in [5.41, 5.74) is 0. The molecular weight excluding hydrogens is 150 g/mol. The lowest BCUT2D eigenvalue weighted by Crippen LogP contribution is -2.30. The predicted molar refractivity (Wildman–Crippen MR) is 54.3 cm³/mol. The molecule has 74 valence electrons. The first kappa shape index (κ1) is 14.2. The van der Waals surface area contributed by atoms with E-state index in [0.29, 0.717) is 6.04 Å². The number of carbonyl (C=O) groups is 1. The van der Waals surface area contributed by atoms with Crippen molar-refractivity contribution in [3.05, 3.63) is 0 Å². The van der Waals surface area contributed by atoms with E-state index in [1.807, 2.05) is 20.8 Å². The highest BCUT2D eigenvalue weighted by atomic mass is 16.1. The molecule has 0 aromatic carbocycles. The molecule has 0 saturated heterocycles. The van der Waals surface area contributed by atoms with Gasteiger partial charge in [0.1, 0.15) is 5.78 Å². The van der Waals surface area contributed by atoms with Gasteiger partial charge in [0.25, 0.3) is 0 Å². The van der Waals surface area contributed by atoms with Crippen molar-refractivity contribution in [1.29, 1.82) is 0 Å². The summed E-state index contributed by atoms with van der Waals surface area (Å²) in [5.74, 6) is 0.413. The predicted octanol–water partition coefficient (Wildman–Crippen LogP) is 2.24. The van der Waals surface area contributed by atoms with Crippen molar-refractivity contribution in [3.63, 3.8) is 0 Å². The molecule has 12 heavy (non-hydrogen) atoms. The van der Waals surface area contributed by atoms with Crippen LogP contribution in [0, 0.1) is 5.92 Å². The number of hydrogen-bond acceptors (Lipinski definition) is 2. The van der Waals surface area contributed by atoms with Crippen LogP contribution in [0.3, 0.4) is 0 Å². The van der Waals surface area contributed by atoms with Crippen LogP contribution in [0.25, 0.3) is 0 Å². The monoisotopic (exact) mass is 173 g/mol. The maximum atomic E-state index is 10.7. The standard InChI is InChI=1S/C8H17NO.C2H6/c1-6(2)9-5-7(3)8(4)10;1-2/h6-7,9H,5H2,1-4H3;1-2H3. The number of Topliss-reactive ketones (excluding diaryl/α,β-unsaturated/α-hetero) is 1. The lowest BCUT2D eigenvalue weighted by atomic mass is 10.1. The summed E-state index contributed by atoms with van der Waals surface area (Å²) in [6.45, 7) is 12.5. The summed E-state index contributed by atoms with van der Waals surface area (Å²) < 4.78 is 0. The van der Waals surface area contributed by atoms with Gasteiger partial charge in [-0.2, -0.15) is 0 Å². The first-order chi connectivity index (χ1) is 5.54. The van der Waals surface area contributed by atoms with Crippen molar-refractivity contribution in [2.45, 2.75) is 47.6 Å². The molecule has 0 aliphatic carbocycles. The Morgan fingerprint density at radius 2 is 1.67 bits per heavy atom. The summed E-state index contributed by atoms with van der Waals surface area (Å²) in [6.07, 6.45) is 0. The molecule has 0 radical (unpaired) electrons. The number of ketones is 1. The Balaban J connectivity index is 0. The summed E-state index contributed by atoms with van der Waals surface area (Å²) in [4.78, 5) is 10.7. The van der Waals surface area contributed by atoms with Gasteiger partial charge < -0.3 is 5.32 Å². The second-order valence-corrected chi connectivity index (χ2v) is 3.07. The third-order valence-corrected chi connectivity index (χ3v) is 1.53. The van der Waals surface area contributed by atoms with Gasteiger partial charge in [0.2, 0.25) is 0 Å². The largest absolute Gasteiger partial charge is 0.314 e. The van der Waals surface area contributed by atoms with Crippen molar-refractivity contribution in [1.82, 2.24) is 5.32 Å². The van der Waals surface area contributed by atoms with Gasteiger partial charge in [0, 0.05) is 18.5 Å². The molecule has 0 aliphatic rings. The Hall–Kier alpha value is -0.370. The van der Waals surface area contributed by atoms with Gasteiger partial charge in [-0.25, -0.2) is 0 Å². The molecule has 2 heteroatoms. The third-order valence-electron chi connectivity index (χ3n) is 1.53. The second kappa shape index (κ2) is 8.72. The molecule has 0 bridgehead atoms. The van der Waals surface area contributed by atoms with Crippen LogP contribution >= 0.6 is 0 Å². The van der Waals surface area contributed by atoms with E-state index in [1.54, 1.807) is 6.92 Å². The van der Waals surface area contributed by atoms with Crippen molar-refractivity contribution >= 4 is 5.78 Å². The lowest BCUT2D eigenvalue weighted by Gasteiger charge is -2.11. The van der Waals surface area contributed by atoms with Crippen LogP contribution in [0.4, 0.5) is 0 Å². The molecule has 2 nitrogen and oxygen atoms in total. The summed E-state index contributed by atoms with van der Waals surface area (Å²) in [7, 11) is 0. The molecule has 0 rings (SSSR count). The number of hydrogen-bond donors (Lipinski definition) is 1. The summed E-state index contributed by atoms with van der Waals surface area (Å²) >= 11 is 0. The first-order valence-corrected chi connectivity index (χ1v) is 4.78. The highest BCUT2D eigenvalue weighted by Gasteiger charge is 2.06. The van der Waals surface area contributed by atoms with Gasteiger partial charge >= 0.3 is 0 Å². The summed E-state index contributed by atoms with van der Waals surface area (Å²) in [5, 5.41) is 3.21. The average molecular weight is 173 g/mol. The molecule has 0 aromatic rings. The van der Waals surface area contributed by atoms with Gasteiger partial charge in [0.05, 0.1) is 0 Å². The smallest absolute Gasteiger partial charge is 0.133 e. The van der Waals surface area contributed by atoms with Gasteiger partial charge in [-0.3, -0.25) is 4.79 Å². The zero-order valence-corrected chi connectivity index (χ0v) is 9.27. The van der Waals surface area contributed by atoms with Crippen LogP contribution in [0.15, 0.2) is 0 Å². The molecule has 0 saturated carbocycles. The Labute approximate surface area is 76.7 Å². The minimum Gasteiger partial charge on any atom is -0.314 e. The number of carbonyl (C=O) groups excluding carboxylic acids is 1. The van der Waals surface area contributed by atoms with Gasteiger partial charge in [-0.05, 0) is 6.92 Å². The molecule has 0 aliphatic heterocycles. The highest BCUT2D eigenvalue weighted by molar-refractivity contribution is 5.78. The summed E-state index contributed by atoms with van der Waals surface area (Å²) in [6, 6.07) is 0.474. The molecule has 1 atom stereocenters. The fourth-order valence-corrected chi connectivity index (χ4v) is 0.556. The first-order valence-electron chi connectivity index (χ1n) is 4.78. The van der Waals surface area contributed by atoms with E-state index in [4.69, 9.17) is 0 Å². The minimum atomic E-state index is 0.155. The Bertz CT molecular complexity index is 110. The zero-order valence-electron chi connectivity index (χ0n) is 9.27. The fraction of sp³-hybridized carbons (Fsp3) is 0.900. The highest BCUT2D eigenvalue weighted by Crippen LogP contribution is 1.93. The van der Waals surface area contributed by atoms with Crippen molar-refractivity contribution in [3.8, 4) is 0 Å². The molecule has 1 N–H and O–H groups in total. The van der Waals surface area contributed by atoms with Gasteiger partial charge in [0.15, 0.2) is 0 Å². The molecular formula is C10H23NO. The Morgan fingerprint density at radius 3 is 1.92 bits per heavy atom. The van der Waals surface area contributed by atoms with Crippen LogP contribution < -0.4 is 5.32 Å². The Kier molecular flexibility index (Phi) is 10.3. The van der Waals surface area contributed by atoms with Crippen LogP contribution in [0.1, 0.15) is 41.5 Å². The zero-order chi connectivity index (χ0) is 10.1. The molecule has 0 aromatic heterocycles.